The second-order valence-electron chi connectivity index (χ2n) is 4.91. The van der Waals surface area contributed by atoms with E-state index < -0.39 is 0 Å². The Labute approximate surface area is 132 Å². The summed E-state index contributed by atoms with van der Waals surface area (Å²) < 4.78 is 2.00. The number of nitrogens with zero attached hydrogens (tertiary/aromatic N) is 1. The van der Waals surface area contributed by atoms with Crippen molar-refractivity contribution in [1.29, 1.82) is 0 Å². The number of halogens is 1. The molecule has 1 aromatic heterocycles. The summed E-state index contributed by atoms with van der Waals surface area (Å²) in [6.45, 7) is 5.03. The van der Waals surface area contributed by atoms with Crippen LogP contribution in [0.15, 0.2) is 22.5 Å². The SMILES string of the molecule is CC(C)CCNC(=O)CSc1nc2cc(Cl)ccc2s1. The Balaban J connectivity index is 1.84. The van der Waals surface area contributed by atoms with E-state index in [4.69, 9.17) is 11.6 Å². The van der Waals surface area contributed by atoms with Crippen LogP contribution in [0.2, 0.25) is 5.02 Å². The zero-order valence-electron chi connectivity index (χ0n) is 11.5. The monoisotopic (exact) mass is 328 g/mol. The molecule has 0 spiro atoms. The lowest BCUT2D eigenvalue weighted by Gasteiger charge is -2.06. The van der Waals surface area contributed by atoms with Crippen LogP contribution >= 0.6 is 34.7 Å². The van der Waals surface area contributed by atoms with E-state index >= 15 is 0 Å². The number of thioether (sulfide) groups is 1. The first-order valence-electron chi connectivity index (χ1n) is 6.50. The molecule has 0 radical (unpaired) electrons. The van der Waals surface area contributed by atoms with Crippen molar-refractivity contribution in [3.05, 3.63) is 23.2 Å². The van der Waals surface area contributed by atoms with Gasteiger partial charge in [0.25, 0.3) is 0 Å². The second-order valence-corrected chi connectivity index (χ2v) is 7.60. The summed E-state index contributed by atoms with van der Waals surface area (Å²) in [4.78, 5) is 16.2. The molecule has 0 aliphatic carbocycles. The molecule has 20 heavy (non-hydrogen) atoms. The van der Waals surface area contributed by atoms with Crippen molar-refractivity contribution in [3.8, 4) is 0 Å². The normalized spacial score (nSPS) is 11.2. The van der Waals surface area contributed by atoms with Gasteiger partial charge in [0.15, 0.2) is 4.34 Å². The largest absolute Gasteiger partial charge is 0.355 e. The lowest BCUT2D eigenvalue weighted by atomic mass is 10.1. The van der Waals surface area contributed by atoms with E-state index in [0.29, 0.717) is 16.7 Å². The Morgan fingerprint density at radius 2 is 2.30 bits per heavy atom. The van der Waals surface area contributed by atoms with E-state index in [1.165, 1.54) is 11.8 Å². The first-order chi connectivity index (χ1) is 9.54. The van der Waals surface area contributed by atoms with Gasteiger partial charge in [0.2, 0.25) is 5.91 Å². The summed E-state index contributed by atoms with van der Waals surface area (Å²) in [6, 6.07) is 5.66. The number of aromatic nitrogens is 1. The first kappa shape index (κ1) is 15.6. The van der Waals surface area contributed by atoms with Crippen molar-refractivity contribution in [2.24, 2.45) is 5.92 Å². The van der Waals surface area contributed by atoms with Crippen LogP contribution in [0.3, 0.4) is 0 Å². The van der Waals surface area contributed by atoms with Crippen molar-refractivity contribution in [3.63, 3.8) is 0 Å². The van der Waals surface area contributed by atoms with Gasteiger partial charge in [-0.15, -0.1) is 11.3 Å². The van der Waals surface area contributed by atoms with E-state index in [9.17, 15) is 4.79 Å². The van der Waals surface area contributed by atoms with Crippen LogP contribution in [0.5, 0.6) is 0 Å². The fraction of sp³-hybridized carbons (Fsp3) is 0.429. The Bertz CT molecular complexity index is 598. The van der Waals surface area contributed by atoms with Gasteiger partial charge < -0.3 is 5.32 Å². The van der Waals surface area contributed by atoms with Gasteiger partial charge in [0.05, 0.1) is 16.0 Å². The van der Waals surface area contributed by atoms with Crippen LogP contribution in [0, 0.1) is 5.92 Å². The molecule has 2 rings (SSSR count). The molecule has 1 amide bonds. The van der Waals surface area contributed by atoms with Crippen molar-refractivity contribution in [1.82, 2.24) is 10.3 Å². The summed E-state index contributed by atoms with van der Waals surface area (Å²) in [6.07, 6.45) is 1.01. The van der Waals surface area contributed by atoms with E-state index in [-0.39, 0.29) is 5.91 Å². The van der Waals surface area contributed by atoms with Gasteiger partial charge in [-0.1, -0.05) is 37.2 Å². The number of carbonyl (C=O) groups excluding carboxylic acids is 1. The molecule has 2 aromatic rings. The molecule has 0 fully saturated rings. The zero-order valence-corrected chi connectivity index (χ0v) is 13.9. The average molecular weight is 329 g/mol. The number of carbonyl (C=O) groups is 1. The highest BCUT2D eigenvalue weighted by Crippen LogP contribution is 2.30. The predicted molar refractivity (Wildman–Crippen MR) is 87.8 cm³/mol. The minimum absolute atomic E-state index is 0.0629. The predicted octanol–water partition coefficient (Wildman–Crippen LogP) is 4.20. The van der Waals surface area contributed by atoms with E-state index in [0.717, 1.165) is 27.5 Å². The summed E-state index contributed by atoms with van der Waals surface area (Å²) in [5.41, 5.74) is 0.894. The third-order valence-electron chi connectivity index (χ3n) is 2.70. The standard InChI is InChI=1S/C14H17ClN2OS2/c1-9(2)5-6-16-13(18)8-19-14-17-11-7-10(15)3-4-12(11)20-14/h3-4,7,9H,5-6,8H2,1-2H3,(H,16,18). The van der Waals surface area contributed by atoms with Crippen LogP contribution in [-0.4, -0.2) is 23.2 Å². The Hall–Kier alpha value is -0.780. The number of rotatable bonds is 6. The molecule has 0 saturated carbocycles. The molecule has 0 aliphatic rings. The maximum atomic E-state index is 11.7. The van der Waals surface area contributed by atoms with Gasteiger partial charge >= 0.3 is 0 Å². The molecule has 108 valence electrons. The summed E-state index contributed by atoms with van der Waals surface area (Å²) in [7, 11) is 0. The van der Waals surface area contributed by atoms with Crippen molar-refractivity contribution in [2.75, 3.05) is 12.3 Å². The van der Waals surface area contributed by atoms with Crippen LogP contribution in [0.4, 0.5) is 0 Å². The topological polar surface area (TPSA) is 42.0 Å². The quantitative estimate of drug-likeness (QED) is 0.808. The maximum absolute atomic E-state index is 11.7. The zero-order chi connectivity index (χ0) is 14.5. The number of thiazole rings is 1. The minimum Gasteiger partial charge on any atom is -0.355 e. The summed E-state index contributed by atoms with van der Waals surface area (Å²) in [5, 5.41) is 3.61. The molecule has 1 N–H and O–H groups in total. The molecular weight excluding hydrogens is 312 g/mol. The molecular formula is C14H17ClN2OS2. The van der Waals surface area contributed by atoms with Gasteiger partial charge in [-0.05, 0) is 30.5 Å². The molecule has 0 unspecified atom stereocenters. The molecule has 6 heteroatoms. The Morgan fingerprint density at radius 1 is 1.50 bits per heavy atom. The maximum Gasteiger partial charge on any atom is 0.230 e. The number of benzene rings is 1. The molecule has 0 bridgehead atoms. The van der Waals surface area contributed by atoms with Crippen molar-refractivity contribution >= 4 is 50.8 Å². The number of nitrogens with one attached hydrogen (secondary N) is 1. The van der Waals surface area contributed by atoms with E-state index in [1.54, 1.807) is 11.3 Å². The van der Waals surface area contributed by atoms with Gasteiger partial charge in [0.1, 0.15) is 0 Å². The van der Waals surface area contributed by atoms with E-state index in [2.05, 4.69) is 24.1 Å². The molecule has 1 aromatic carbocycles. The summed E-state index contributed by atoms with van der Waals surface area (Å²) in [5.74, 6) is 1.08. The second kappa shape index (κ2) is 7.29. The average Bonchev–Trinajstić information content (AvgIpc) is 2.77. The lowest BCUT2D eigenvalue weighted by molar-refractivity contribution is -0.118. The smallest absolute Gasteiger partial charge is 0.230 e. The van der Waals surface area contributed by atoms with Crippen molar-refractivity contribution < 1.29 is 4.79 Å². The Kier molecular flexibility index (Phi) is 5.69. The van der Waals surface area contributed by atoms with Gasteiger partial charge in [-0.25, -0.2) is 4.98 Å². The third kappa shape index (κ3) is 4.65. The Morgan fingerprint density at radius 3 is 3.05 bits per heavy atom. The van der Waals surface area contributed by atoms with Crippen LogP contribution in [0.1, 0.15) is 20.3 Å². The molecule has 0 aliphatic heterocycles. The molecule has 1 heterocycles. The molecule has 0 atom stereocenters. The molecule has 0 saturated heterocycles. The van der Waals surface area contributed by atoms with Gasteiger partial charge in [-0.2, -0.15) is 0 Å². The van der Waals surface area contributed by atoms with Gasteiger partial charge in [0, 0.05) is 11.6 Å². The molecule has 3 nitrogen and oxygen atoms in total. The first-order valence-corrected chi connectivity index (χ1v) is 8.68. The van der Waals surface area contributed by atoms with Crippen LogP contribution < -0.4 is 5.32 Å². The van der Waals surface area contributed by atoms with Gasteiger partial charge in [-0.3, -0.25) is 4.79 Å². The fourth-order valence-electron chi connectivity index (χ4n) is 1.62. The number of amides is 1. The highest BCUT2D eigenvalue weighted by atomic mass is 35.5. The lowest BCUT2D eigenvalue weighted by Crippen LogP contribution is -2.26. The van der Waals surface area contributed by atoms with Crippen molar-refractivity contribution in [2.45, 2.75) is 24.6 Å². The van der Waals surface area contributed by atoms with E-state index in [1.807, 2.05) is 18.2 Å². The number of hydrogen-bond acceptors (Lipinski definition) is 4. The number of fused-ring (bicyclic) bond motifs is 1. The number of hydrogen-bond donors (Lipinski definition) is 1. The highest BCUT2D eigenvalue weighted by molar-refractivity contribution is 8.01. The third-order valence-corrected chi connectivity index (χ3v) is 5.12. The fourth-order valence-corrected chi connectivity index (χ4v) is 3.66. The minimum atomic E-state index is 0.0629. The highest BCUT2D eigenvalue weighted by Gasteiger charge is 2.08. The summed E-state index contributed by atoms with van der Waals surface area (Å²) >= 11 is 8.99. The van der Waals surface area contributed by atoms with Crippen LogP contribution in [0.25, 0.3) is 10.2 Å². The van der Waals surface area contributed by atoms with Crippen LogP contribution in [-0.2, 0) is 4.79 Å².